The van der Waals surface area contributed by atoms with Crippen LogP contribution in [0.3, 0.4) is 0 Å². The molecule has 0 saturated carbocycles. The Kier molecular flexibility index (Phi) is 3.55. The first-order valence-corrected chi connectivity index (χ1v) is 8.59. The van der Waals surface area contributed by atoms with E-state index in [1.807, 2.05) is 59.3 Å². The molecule has 0 bridgehead atoms. The molecule has 0 amide bonds. The van der Waals surface area contributed by atoms with Crippen LogP contribution in [0.15, 0.2) is 77.5 Å². The SMILES string of the molecule is OCc1c(F)cccc1-c1ccc2nc(-c3cc4ccccc4o3)cn2c1. The molecule has 0 aliphatic heterocycles. The van der Waals surface area contributed by atoms with Crippen molar-refractivity contribution in [3.8, 4) is 22.6 Å². The summed E-state index contributed by atoms with van der Waals surface area (Å²) in [5, 5.41) is 10.5. The number of para-hydroxylation sites is 1. The predicted octanol–water partition coefficient (Wildman–Crippen LogP) is 5.05. The number of halogens is 1. The summed E-state index contributed by atoms with van der Waals surface area (Å²) in [5.41, 5.74) is 4.06. The molecule has 3 heterocycles. The second kappa shape index (κ2) is 6.07. The highest BCUT2D eigenvalue weighted by Gasteiger charge is 2.13. The van der Waals surface area contributed by atoms with E-state index in [-0.39, 0.29) is 12.2 Å². The maximum atomic E-state index is 14.0. The van der Waals surface area contributed by atoms with Gasteiger partial charge in [-0.15, -0.1) is 0 Å². The minimum atomic E-state index is -0.413. The van der Waals surface area contributed by atoms with Gasteiger partial charge in [0.1, 0.15) is 22.7 Å². The van der Waals surface area contributed by atoms with Crippen molar-refractivity contribution in [1.29, 1.82) is 0 Å². The topological polar surface area (TPSA) is 50.7 Å². The summed E-state index contributed by atoms with van der Waals surface area (Å²) in [6.07, 6.45) is 3.76. The normalized spacial score (nSPS) is 11.5. The second-order valence-electron chi connectivity index (χ2n) is 6.38. The minimum absolute atomic E-state index is 0.287. The van der Waals surface area contributed by atoms with Gasteiger partial charge in [-0.05, 0) is 41.5 Å². The Morgan fingerprint density at radius 1 is 1.00 bits per heavy atom. The number of aromatic nitrogens is 2. The molecule has 2 aromatic carbocycles. The number of aliphatic hydroxyl groups is 1. The van der Waals surface area contributed by atoms with Gasteiger partial charge in [0.2, 0.25) is 0 Å². The van der Waals surface area contributed by atoms with Crippen molar-refractivity contribution in [2.75, 3.05) is 0 Å². The van der Waals surface area contributed by atoms with Crippen molar-refractivity contribution in [2.24, 2.45) is 0 Å². The number of imidazole rings is 1. The van der Waals surface area contributed by atoms with Gasteiger partial charge in [-0.2, -0.15) is 0 Å². The third-order valence-electron chi connectivity index (χ3n) is 4.72. The summed E-state index contributed by atoms with van der Waals surface area (Å²) < 4.78 is 21.8. The smallest absolute Gasteiger partial charge is 0.155 e. The fourth-order valence-corrected chi connectivity index (χ4v) is 3.37. The van der Waals surface area contributed by atoms with Gasteiger partial charge < -0.3 is 13.9 Å². The lowest BCUT2D eigenvalue weighted by atomic mass is 10.0. The van der Waals surface area contributed by atoms with Gasteiger partial charge in [-0.1, -0.05) is 30.3 Å². The molecule has 1 N–H and O–H groups in total. The molecule has 0 atom stereocenters. The highest BCUT2D eigenvalue weighted by molar-refractivity contribution is 5.82. The van der Waals surface area contributed by atoms with E-state index in [0.29, 0.717) is 11.3 Å². The van der Waals surface area contributed by atoms with Crippen LogP contribution in [-0.2, 0) is 6.61 Å². The first-order chi connectivity index (χ1) is 13.2. The average Bonchev–Trinajstić information content (AvgIpc) is 3.31. The molecule has 4 nitrogen and oxygen atoms in total. The van der Waals surface area contributed by atoms with Crippen molar-refractivity contribution in [3.63, 3.8) is 0 Å². The molecule has 5 aromatic rings. The number of nitrogens with zero attached hydrogens (tertiary/aromatic N) is 2. The molecular weight excluding hydrogens is 343 g/mol. The maximum Gasteiger partial charge on any atom is 0.155 e. The molecule has 27 heavy (non-hydrogen) atoms. The zero-order valence-corrected chi connectivity index (χ0v) is 14.3. The Morgan fingerprint density at radius 2 is 1.89 bits per heavy atom. The number of hydrogen-bond acceptors (Lipinski definition) is 3. The summed E-state index contributed by atoms with van der Waals surface area (Å²) in [4.78, 5) is 4.62. The van der Waals surface area contributed by atoms with E-state index in [9.17, 15) is 9.50 Å². The predicted molar refractivity (Wildman–Crippen MR) is 102 cm³/mol. The Balaban J connectivity index is 1.62. The van der Waals surface area contributed by atoms with Crippen LogP contribution in [0.4, 0.5) is 4.39 Å². The van der Waals surface area contributed by atoms with Gasteiger partial charge in [0.15, 0.2) is 5.76 Å². The van der Waals surface area contributed by atoms with Crippen LogP contribution >= 0.6 is 0 Å². The van der Waals surface area contributed by atoms with Crippen molar-refractivity contribution in [2.45, 2.75) is 6.61 Å². The molecule has 0 spiro atoms. The van der Waals surface area contributed by atoms with Crippen molar-refractivity contribution < 1.29 is 13.9 Å². The summed E-state index contributed by atoms with van der Waals surface area (Å²) >= 11 is 0. The number of fused-ring (bicyclic) bond motifs is 2. The third kappa shape index (κ3) is 2.60. The lowest BCUT2D eigenvalue weighted by molar-refractivity contribution is 0.276. The van der Waals surface area contributed by atoms with Gasteiger partial charge in [0.05, 0.1) is 6.61 Å². The Morgan fingerprint density at radius 3 is 2.74 bits per heavy atom. The molecule has 0 radical (unpaired) electrons. The van der Waals surface area contributed by atoms with Crippen LogP contribution in [0.2, 0.25) is 0 Å². The highest BCUT2D eigenvalue weighted by atomic mass is 19.1. The fraction of sp³-hybridized carbons (Fsp3) is 0.0455. The molecule has 3 aromatic heterocycles. The van der Waals surface area contributed by atoms with E-state index in [0.717, 1.165) is 27.9 Å². The summed E-state index contributed by atoms with van der Waals surface area (Å²) in [6.45, 7) is -0.353. The molecule has 5 heteroatoms. The Labute approximate surface area is 154 Å². The van der Waals surface area contributed by atoms with Gasteiger partial charge in [-0.25, -0.2) is 9.37 Å². The van der Waals surface area contributed by atoms with Gasteiger partial charge in [0.25, 0.3) is 0 Å². The zero-order chi connectivity index (χ0) is 18.4. The summed E-state index contributed by atoms with van der Waals surface area (Å²) in [6, 6.07) is 18.3. The van der Waals surface area contributed by atoms with Crippen molar-refractivity contribution in [3.05, 3.63) is 84.4 Å². The quantitative estimate of drug-likeness (QED) is 0.491. The molecular formula is C22H15FN2O2. The first kappa shape index (κ1) is 15.8. The number of benzene rings is 2. The molecule has 0 unspecified atom stereocenters. The molecule has 0 fully saturated rings. The molecule has 0 saturated heterocycles. The van der Waals surface area contributed by atoms with Gasteiger partial charge in [-0.3, -0.25) is 0 Å². The van der Waals surface area contributed by atoms with Crippen LogP contribution in [0.25, 0.3) is 39.2 Å². The molecule has 132 valence electrons. The van der Waals surface area contributed by atoms with Crippen molar-refractivity contribution >= 4 is 16.6 Å². The molecule has 0 aliphatic carbocycles. The number of hydrogen-bond donors (Lipinski definition) is 1. The summed E-state index contributed by atoms with van der Waals surface area (Å²) in [7, 11) is 0. The number of furan rings is 1. The van der Waals surface area contributed by atoms with E-state index in [1.165, 1.54) is 6.07 Å². The van der Waals surface area contributed by atoms with Gasteiger partial charge in [0, 0.05) is 23.3 Å². The van der Waals surface area contributed by atoms with Crippen LogP contribution < -0.4 is 0 Å². The Hall–Kier alpha value is -3.44. The Bertz CT molecular complexity index is 1250. The lowest BCUT2D eigenvalue weighted by Crippen LogP contribution is -1.95. The van der Waals surface area contributed by atoms with Crippen LogP contribution in [0, 0.1) is 5.82 Å². The highest BCUT2D eigenvalue weighted by Crippen LogP contribution is 2.29. The van der Waals surface area contributed by atoms with E-state index in [2.05, 4.69) is 4.98 Å². The van der Waals surface area contributed by atoms with Gasteiger partial charge >= 0.3 is 0 Å². The standard InChI is InChI=1S/C22H15FN2O2/c23-18-6-3-5-16(17(18)13-26)15-8-9-22-24-19(12-25(22)11-15)21-10-14-4-1-2-7-20(14)27-21/h1-12,26H,13H2. The van der Waals surface area contributed by atoms with Crippen LogP contribution in [0.1, 0.15) is 5.56 Å². The lowest BCUT2D eigenvalue weighted by Gasteiger charge is -2.09. The number of pyridine rings is 1. The van der Waals surface area contributed by atoms with Crippen LogP contribution in [0.5, 0.6) is 0 Å². The average molecular weight is 358 g/mol. The first-order valence-electron chi connectivity index (χ1n) is 8.59. The maximum absolute atomic E-state index is 14.0. The van der Waals surface area contributed by atoms with E-state index < -0.39 is 5.82 Å². The molecule has 5 rings (SSSR count). The zero-order valence-electron chi connectivity index (χ0n) is 14.3. The second-order valence-corrected chi connectivity index (χ2v) is 6.38. The largest absolute Gasteiger partial charge is 0.454 e. The third-order valence-corrected chi connectivity index (χ3v) is 4.72. The minimum Gasteiger partial charge on any atom is -0.454 e. The number of aliphatic hydroxyl groups excluding tert-OH is 1. The number of rotatable bonds is 3. The van der Waals surface area contributed by atoms with E-state index >= 15 is 0 Å². The monoisotopic (exact) mass is 358 g/mol. The van der Waals surface area contributed by atoms with E-state index in [1.54, 1.807) is 12.1 Å². The van der Waals surface area contributed by atoms with Crippen molar-refractivity contribution in [1.82, 2.24) is 9.38 Å². The fourth-order valence-electron chi connectivity index (χ4n) is 3.37. The van der Waals surface area contributed by atoms with E-state index in [4.69, 9.17) is 4.42 Å². The molecule has 0 aliphatic rings. The summed E-state index contributed by atoms with van der Waals surface area (Å²) in [5.74, 6) is 0.284. The van der Waals surface area contributed by atoms with Crippen LogP contribution in [-0.4, -0.2) is 14.5 Å².